The Labute approximate surface area is 291 Å². The highest BCUT2D eigenvalue weighted by atomic mass is 16.2. The number of para-hydroxylation sites is 4. The Morgan fingerprint density at radius 2 is 0.940 bits per heavy atom. The van der Waals surface area contributed by atoms with Crippen molar-refractivity contribution in [2.45, 2.75) is 39.0 Å². The van der Waals surface area contributed by atoms with Gasteiger partial charge in [0.25, 0.3) is 11.8 Å². The fraction of sp³-hybridized carbons (Fsp3) is 0.195. The number of amides is 2. The van der Waals surface area contributed by atoms with Gasteiger partial charge in [-0.2, -0.15) is 0 Å². The molecule has 0 spiro atoms. The van der Waals surface area contributed by atoms with Gasteiger partial charge in [0.05, 0.1) is 13.1 Å². The number of hydrogen-bond acceptors (Lipinski definition) is 3. The summed E-state index contributed by atoms with van der Waals surface area (Å²) in [5.41, 5.74) is 7.60. The molecule has 2 amide bonds. The van der Waals surface area contributed by atoms with Gasteiger partial charge in [0.15, 0.2) is 22.1 Å². The first-order valence-electron chi connectivity index (χ1n) is 17.2. The summed E-state index contributed by atoms with van der Waals surface area (Å²) in [6.45, 7) is 4.07. The topological polar surface area (TPSA) is 88.7 Å². The second-order valence-electron chi connectivity index (χ2n) is 12.4. The van der Waals surface area contributed by atoms with Crippen LogP contribution in [-0.4, -0.2) is 39.0 Å². The second kappa shape index (κ2) is 15.4. The fourth-order valence-electron chi connectivity index (χ4n) is 6.43. The summed E-state index contributed by atoms with van der Waals surface area (Å²) >= 11 is 0. The maximum absolute atomic E-state index is 13.0. The van der Waals surface area contributed by atoms with Gasteiger partial charge in [-0.3, -0.25) is 9.59 Å². The molecule has 0 bridgehead atoms. The van der Waals surface area contributed by atoms with Gasteiger partial charge in [0.2, 0.25) is 12.7 Å². The summed E-state index contributed by atoms with van der Waals surface area (Å²) in [6, 6.07) is 42.6. The Balaban J connectivity index is 0.894. The van der Waals surface area contributed by atoms with Crippen molar-refractivity contribution in [3.63, 3.8) is 0 Å². The van der Waals surface area contributed by atoms with Crippen LogP contribution < -0.4 is 19.8 Å². The normalized spacial score (nSPS) is 11.2. The monoisotopic (exact) mass is 663 g/mol. The molecule has 50 heavy (non-hydrogen) atoms. The lowest BCUT2D eigenvalue weighted by Gasteiger charge is -2.07. The van der Waals surface area contributed by atoms with E-state index in [1.165, 1.54) is 22.2 Å². The van der Waals surface area contributed by atoms with E-state index in [1.54, 1.807) is 18.2 Å². The number of aromatic nitrogens is 5. The van der Waals surface area contributed by atoms with Gasteiger partial charge >= 0.3 is 0 Å². The maximum atomic E-state index is 13.0. The summed E-state index contributed by atoms with van der Waals surface area (Å²) in [7, 11) is 0. The van der Waals surface area contributed by atoms with E-state index in [0.717, 1.165) is 50.1 Å². The average molecular weight is 664 g/mol. The number of rotatable bonds is 14. The number of fused-ring (bicyclic) bond motifs is 2. The molecule has 0 aliphatic rings. The molecule has 9 heteroatoms. The minimum atomic E-state index is -0.292. The van der Waals surface area contributed by atoms with Crippen LogP contribution in [0.15, 0.2) is 140 Å². The van der Waals surface area contributed by atoms with Crippen LogP contribution in [0.2, 0.25) is 0 Å². The second-order valence-corrected chi connectivity index (χ2v) is 12.4. The number of carbonyl (C=O) groups excluding carboxylic acids is 2. The summed E-state index contributed by atoms with van der Waals surface area (Å²) in [5.74, 6) is -0.584. The van der Waals surface area contributed by atoms with Crippen LogP contribution >= 0.6 is 0 Å². The van der Waals surface area contributed by atoms with Crippen molar-refractivity contribution in [2.24, 2.45) is 0 Å². The minimum absolute atomic E-state index is 0.228. The smallest absolute Gasteiger partial charge is 0.269 e. The van der Waals surface area contributed by atoms with E-state index >= 15 is 0 Å². The molecule has 3 aromatic heterocycles. The first-order chi connectivity index (χ1) is 24.6. The molecule has 4 aromatic carbocycles. The van der Waals surface area contributed by atoms with E-state index in [2.05, 4.69) is 131 Å². The SMILES string of the molecule is O=C(NCCCn1c[n+](Cc2ccccc2)c2ccccc21)c1cccc(C(=O)NCCCn2c[n+](Cc3ccccc3)c3ccccc32)n1. The summed E-state index contributed by atoms with van der Waals surface area (Å²) < 4.78 is 8.98. The number of pyridine rings is 1. The Bertz CT molecular complexity index is 2070. The number of nitrogens with zero attached hydrogens (tertiary/aromatic N) is 5. The minimum Gasteiger partial charge on any atom is -0.351 e. The fourth-order valence-corrected chi connectivity index (χ4v) is 6.43. The molecule has 0 unspecified atom stereocenters. The predicted molar refractivity (Wildman–Crippen MR) is 193 cm³/mol. The van der Waals surface area contributed by atoms with Crippen LogP contribution in [0.3, 0.4) is 0 Å². The molecule has 0 saturated heterocycles. The highest BCUT2D eigenvalue weighted by Crippen LogP contribution is 2.14. The van der Waals surface area contributed by atoms with Crippen LogP contribution in [0.25, 0.3) is 22.1 Å². The first kappa shape index (κ1) is 32.5. The van der Waals surface area contributed by atoms with Crippen molar-refractivity contribution in [2.75, 3.05) is 13.1 Å². The van der Waals surface area contributed by atoms with Crippen LogP contribution in [-0.2, 0) is 26.2 Å². The zero-order chi connectivity index (χ0) is 34.1. The van der Waals surface area contributed by atoms with Crippen molar-refractivity contribution in [3.8, 4) is 0 Å². The number of imidazole rings is 2. The van der Waals surface area contributed by atoms with Crippen LogP contribution in [0, 0.1) is 0 Å². The van der Waals surface area contributed by atoms with Gasteiger partial charge in [0.1, 0.15) is 24.5 Å². The molecule has 3 heterocycles. The standard InChI is InChI=1S/C41H39N7O2/c49-40(42-24-12-26-45-30-47(28-32-14-3-1-4-15-32)38-22-9-7-20-36(38)45)34-18-11-19-35(44-34)41(50)43-25-13-27-46-31-48(29-33-16-5-2-6-17-33)39-23-10-8-21-37(39)46/h1-11,14-23,30-31H,12-13,24-29H2/p+2. The van der Waals surface area contributed by atoms with E-state index in [0.29, 0.717) is 13.1 Å². The molecule has 7 rings (SSSR count). The van der Waals surface area contributed by atoms with Gasteiger partial charge in [-0.15, -0.1) is 0 Å². The highest BCUT2D eigenvalue weighted by molar-refractivity contribution is 5.96. The number of nitrogens with one attached hydrogen (secondary N) is 2. The Kier molecular flexibility index (Phi) is 10.0. The largest absolute Gasteiger partial charge is 0.351 e. The average Bonchev–Trinajstić information content (AvgIpc) is 3.69. The number of hydrogen-bond donors (Lipinski definition) is 2. The quantitative estimate of drug-likeness (QED) is 0.122. The van der Waals surface area contributed by atoms with E-state index < -0.39 is 0 Å². The number of benzene rings is 4. The molecular weight excluding hydrogens is 622 g/mol. The van der Waals surface area contributed by atoms with Gasteiger partial charge in [-0.05, 0) is 47.5 Å². The summed E-state index contributed by atoms with van der Waals surface area (Å²) in [5, 5.41) is 5.95. The number of aryl methyl sites for hydroxylation is 2. The summed E-state index contributed by atoms with van der Waals surface area (Å²) in [4.78, 5) is 30.3. The molecular formula is C41H41N7O2+2. The zero-order valence-corrected chi connectivity index (χ0v) is 28.0. The van der Waals surface area contributed by atoms with Crippen LogP contribution in [0.5, 0.6) is 0 Å². The molecule has 7 aromatic rings. The van der Waals surface area contributed by atoms with E-state index in [4.69, 9.17) is 0 Å². The highest BCUT2D eigenvalue weighted by Gasteiger charge is 2.18. The molecule has 9 nitrogen and oxygen atoms in total. The zero-order valence-electron chi connectivity index (χ0n) is 28.0. The number of carbonyl (C=O) groups is 2. The third-order valence-electron chi connectivity index (χ3n) is 8.89. The summed E-state index contributed by atoms with van der Waals surface area (Å²) in [6.07, 6.45) is 5.79. The lowest BCUT2D eigenvalue weighted by Crippen LogP contribution is -2.33. The predicted octanol–water partition coefficient (Wildman–Crippen LogP) is 5.30. The van der Waals surface area contributed by atoms with Crippen molar-refractivity contribution in [3.05, 3.63) is 163 Å². The molecule has 0 fully saturated rings. The first-order valence-corrected chi connectivity index (χ1v) is 17.2. The third-order valence-corrected chi connectivity index (χ3v) is 8.89. The molecule has 0 radical (unpaired) electrons. The van der Waals surface area contributed by atoms with E-state index in [-0.39, 0.29) is 23.2 Å². The Hall–Kier alpha value is -6.09. The Morgan fingerprint density at radius 3 is 1.40 bits per heavy atom. The van der Waals surface area contributed by atoms with Crippen molar-refractivity contribution in [1.29, 1.82) is 0 Å². The van der Waals surface area contributed by atoms with Crippen LogP contribution in [0.1, 0.15) is 44.9 Å². The maximum Gasteiger partial charge on any atom is 0.269 e. The van der Waals surface area contributed by atoms with Gasteiger partial charge in [-0.25, -0.2) is 23.3 Å². The lowest BCUT2D eigenvalue weighted by atomic mass is 10.2. The van der Waals surface area contributed by atoms with Crippen LogP contribution in [0.4, 0.5) is 0 Å². The van der Waals surface area contributed by atoms with Crippen molar-refractivity contribution in [1.82, 2.24) is 24.8 Å². The van der Waals surface area contributed by atoms with E-state index in [9.17, 15) is 9.59 Å². The molecule has 0 aliphatic carbocycles. The van der Waals surface area contributed by atoms with Crippen molar-refractivity contribution < 1.29 is 18.7 Å². The Morgan fingerprint density at radius 1 is 0.520 bits per heavy atom. The van der Waals surface area contributed by atoms with Gasteiger partial charge < -0.3 is 10.6 Å². The van der Waals surface area contributed by atoms with Gasteiger partial charge in [0, 0.05) is 25.9 Å². The van der Waals surface area contributed by atoms with E-state index in [1.807, 2.05) is 24.3 Å². The van der Waals surface area contributed by atoms with Gasteiger partial charge in [-0.1, -0.05) is 91.0 Å². The third kappa shape index (κ3) is 7.63. The molecule has 0 aliphatic heterocycles. The molecule has 0 saturated carbocycles. The van der Waals surface area contributed by atoms with Crippen molar-refractivity contribution >= 4 is 33.9 Å². The molecule has 2 N–H and O–H groups in total. The molecule has 250 valence electrons. The lowest BCUT2D eigenvalue weighted by molar-refractivity contribution is -0.663. The molecule has 0 atom stereocenters.